The molecule has 0 aliphatic heterocycles. The van der Waals surface area contributed by atoms with E-state index in [4.69, 9.17) is 0 Å². The van der Waals surface area contributed by atoms with Gasteiger partial charge >= 0.3 is 5.97 Å². The van der Waals surface area contributed by atoms with E-state index in [0.29, 0.717) is 17.3 Å². The van der Waals surface area contributed by atoms with E-state index in [0.717, 1.165) is 14.0 Å². The molecule has 3 rings (SSSR count). The predicted molar refractivity (Wildman–Crippen MR) is 95.0 cm³/mol. The van der Waals surface area contributed by atoms with Crippen LogP contribution in [0.3, 0.4) is 0 Å². The number of para-hydroxylation sites is 1. The second-order valence-corrected chi connectivity index (χ2v) is 8.00. The normalized spacial score (nSPS) is 11.8. The number of nitrogens with zero attached hydrogens (tertiary/aromatic N) is 1. The Bertz CT molecular complexity index is 1040. The van der Waals surface area contributed by atoms with Crippen LogP contribution in [0.1, 0.15) is 22.8 Å². The largest absolute Gasteiger partial charge is 0.478 e. The molecule has 1 aromatic heterocycles. The zero-order chi connectivity index (χ0) is 17.5. The first kappa shape index (κ1) is 16.7. The van der Waals surface area contributed by atoms with Crippen molar-refractivity contribution >= 4 is 42.8 Å². The van der Waals surface area contributed by atoms with Crippen molar-refractivity contribution in [3.63, 3.8) is 0 Å². The molecule has 2 aromatic carbocycles. The van der Waals surface area contributed by atoms with Gasteiger partial charge < -0.3 is 5.11 Å². The van der Waals surface area contributed by atoms with E-state index < -0.39 is 16.0 Å². The molecule has 0 bridgehead atoms. The van der Waals surface area contributed by atoms with Gasteiger partial charge in [-0.25, -0.2) is 17.2 Å². The van der Waals surface area contributed by atoms with Crippen molar-refractivity contribution in [1.82, 2.24) is 3.97 Å². The van der Waals surface area contributed by atoms with Crippen LogP contribution in [-0.4, -0.2) is 23.5 Å². The summed E-state index contributed by atoms with van der Waals surface area (Å²) >= 11 is 3.27. The third kappa shape index (κ3) is 2.63. The maximum absolute atomic E-state index is 13.0. The maximum atomic E-state index is 13.0. The molecule has 0 fully saturated rings. The van der Waals surface area contributed by atoms with Crippen molar-refractivity contribution in [2.75, 3.05) is 0 Å². The number of carboxylic acids is 1. The first-order chi connectivity index (χ1) is 11.4. The minimum Gasteiger partial charge on any atom is -0.478 e. The highest BCUT2D eigenvalue weighted by Gasteiger charge is 2.24. The number of aromatic nitrogens is 1. The monoisotopic (exact) mass is 407 g/mol. The molecule has 0 aliphatic carbocycles. The zero-order valence-corrected chi connectivity index (χ0v) is 15.1. The van der Waals surface area contributed by atoms with Crippen LogP contribution in [0.15, 0.2) is 58.0 Å². The number of hydrogen-bond donors (Lipinski definition) is 1. The van der Waals surface area contributed by atoms with Gasteiger partial charge in [-0.1, -0.05) is 41.1 Å². The van der Waals surface area contributed by atoms with Gasteiger partial charge in [-0.15, -0.1) is 0 Å². The average molecular weight is 408 g/mol. The molecule has 0 atom stereocenters. The first-order valence-electron chi connectivity index (χ1n) is 7.23. The number of benzene rings is 2. The van der Waals surface area contributed by atoms with Crippen LogP contribution < -0.4 is 0 Å². The smallest absolute Gasteiger partial charge is 0.337 e. The lowest BCUT2D eigenvalue weighted by Crippen LogP contribution is -2.12. The van der Waals surface area contributed by atoms with E-state index >= 15 is 0 Å². The highest BCUT2D eigenvalue weighted by atomic mass is 79.9. The standard InChI is InChI=1S/C17H14BrNO4S/c1-2-11-4-3-5-14-15(17(20)21)10-19(16(11)14)24(22,23)13-8-6-12(18)7-9-13/h3-10H,2H2,1H3,(H,20,21). The summed E-state index contributed by atoms with van der Waals surface area (Å²) in [5.41, 5.74) is 1.17. The predicted octanol–water partition coefficient (Wildman–Crippen LogP) is 3.90. The summed E-state index contributed by atoms with van der Waals surface area (Å²) in [4.78, 5) is 11.6. The fourth-order valence-corrected chi connectivity index (χ4v) is 4.36. The highest BCUT2D eigenvalue weighted by molar-refractivity contribution is 9.10. The van der Waals surface area contributed by atoms with Gasteiger partial charge in [0, 0.05) is 16.1 Å². The lowest BCUT2D eigenvalue weighted by Gasteiger charge is -2.10. The second kappa shape index (κ2) is 6.07. The Hall–Kier alpha value is -2.12. The van der Waals surface area contributed by atoms with E-state index in [1.807, 2.05) is 13.0 Å². The van der Waals surface area contributed by atoms with Crippen molar-refractivity contribution in [2.45, 2.75) is 18.2 Å². The molecule has 0 saturated heterocycles. The van der Waals surface area contributed by atoms with Gasteiger partial charge in [-0.3, -0.25) is 0 Å². The van der Waals surface area contributed by atoms with E-state index in [1.165, 1.54) is 18.3 Å². The molecule has 0 saturated carbocycles. The Kier molecular flexibility index (Phi) is 4.23. The van der Waals surface area contributed by atoms with Crippen LogP contribution >= 0.6 is 15.9 Å². The van der Waals surface area contributed by atoms with Gasteiger partial charge in [-0.05, 0) is 36.2 Å². The van der Waals surface area contributed by atoms with Gasteiger partial charge in [0.1, 0.15) is 0 Å². The van der Waals surface area contributed by atoms with Crippen LogP contribution in [0.4, 0.5) is 0 Å². The van der Waals surface area contributed by atoms with E-state index in [-0.39, 0.29) is 10.5 Å². The fraction of sp³-hybridized carbons (Fsp3) is 0.118. The average Bonchev–Trinajstić information content (AvgIpc) is 2.96. The van der Waals surface area contributed by atoms with Crippen LogP contribution in [0, 0.1) is 0 Å². The number of carboxylic acid groups (broad SMARTS) is 1. The van der Waals surface area contributed by atoms with Gasteiger partial charge in [-0.2, -0.15) is 0 Å². The first-order valence-corrected chi connectivity index (χ1v) is 9.47. The molecular formula is C17H14BrNO4S. The van der Waals surface area contributed by atoms with Gasteiger partial charge in [0.25, 0.3) is 10.0 Å². The Morgan fingerprint density at radius 1 is 1.17 bits per heavy atom. The van der Waals surface area contributed by atoms with Gasteiger partial charge in [0.2, 0.25) is 0 Å². The minimum absolute atomic E-state index is 0.0269. The molecule has 1 N–H and O–H groups in total. The number of halogens is 1. The fourth-order valence-electron chi connectivity index (χ4n) is 2.69. The summed E-state index contributed by atoms with van der Waals surface area (Å²) < 4.78 is 27.9. The Morgan fingerprint density at radius 3 is 2.42 bits per heavy atom. The summed E-state index contributed by atoms with van der Waals surface area (Å²) in [6.07, 6.45) is 1.78. The van der Waals surface area contributed by atoms with Gasteiger partial charge in [0.15, 0.2) is 0 Å². The van der Waals surface area contributed by atoms with Crippen molar-refractivity contribution in [3.05, 3.63) is 64.3 Å². The van der Waals surface area contributed by atoms with Crippen LogP contribution in [0.2, 0.25) is 0 Å². The molecular weight excluding hydrogens is 394 g/mol. The zero-order valence-electron chi connectivity index (χ0n) is 12.7. The summed E-state index contributed by atoms with van der Waals surface area (Å²) in [7, 11) is -3.90. The molecule has 24 heavy (non-hydrogen) atoms. The van der Waals surface area contributed by atoms with Crippen LogP contribution in [-0.2, 0) is 16.4 Å². The Balaban J connectivity index is 2.37. The van der Waals surface area contributed by atoms with E-state index in [2.05, 4.69) is 15.9 Å². The molecule has 3 aromatic rings. The molecule has 1 heterocycles. The molecule has 0 spiro atoms. The topological polar surface area (TPSA) is 76.4 Å². The lowest BCUT2D eigenvalue weighted by atomic mass is 10.1. The number of carbonyl (C=O) groups is 1. The highest BCUT2D eigenvalue weighted by Crippen LogP contribution is 2.29. The molecule has 0 aliphatic rings. The second-order valence-electron chi connectivity index (χ2n) is 5.27. The minimum atomic E-state index is -3.90. The lowest BCUT2D eigenvalue weighted by molar-refractivity contribution is 0.0699. The molecule has 7 heteroatoms. The number of hydrogen-bond acceptors (Lipinski definition) is 3. The molecule has 0 unspecified atom stereocenters. The summed E-state index contributed by atoms with van der Waals surface area (Å²) in [5.74, 6) is -1.15. The number of fused-ring (bicyclic) bond motifs is 1. The van der Waals surface area contributed by atoms with Crippen LogP contribution in [0.5, 0.6) is 0 Å². The third-order valence-corrected chi connectivity index (χ3v) is 6.06. The molecule has 124 valence electrons. The Morgan fingerprint density at radius 2 is 1.83 bits per heavy atom. The molecule has 0 amide bonds. The third-order valence-electron chi connectivity index (χ3n) is 3.86. The van der Waals surface area contributed by atoms with E-state index in [1.54, 1.807) is 24.3 Å². The number of aromatic carboxylic acids is 1. The molecule has 5 nitrogen and oxygen atoms in total. The quantitative estimate of drug-likeness (QED) is 0.711. The van der Waals surface area contributed by atoms with Gasteiger partial charge in [0.05, 0.1) is 16.0 Å². The number of rotatable bonds is 4. The summed E-state index contributed by atoms with van der Waals surface area (Å²) in [5, 5.41) is 9.84. The van der Waals surface area contributed by atoms with Crippen molar-refractivity contribution in [3.8, 4) is 0 Å². The Labute approximate surface area is 147 Å². The van der Waals surface area contributed by atoms with Crippen molar-refractivity contribution in [2.24, 2.45) is 0 Å². The molecule has 0 radical (unpaired) electrons. The number of aryl methyl sites for hydroxylation is 1. The SMILES string of the molecule is CCc1cccc2c(C(=O)O)cn(S(=O)(=O)c3ccc(Br)cc3)c12. The van der Waals surface area contributed by atoms with Crippen molar-refractivity contribution in [1.29, 1.82) is 0 Å². The summed E-state index contributed by atoms with van der Waals surface area (Å²) in [6.45, 7) is 1.90. The van der Waals surface area contributed by atoms with Crippen LogP contribution in [0.25, 0.3) is 10.9 Å². The van der Waals surface area contributed by atoms with Crippen molar-refractivity contribution < 1.29 is 18.3 Å². The summed E-state index contributed by atoms with van der Waals surface area (Å²) in [6, 6.07) is 11.4. The van der Waals surface area contributed by atoms with E-state index in [9.17, 15) is 18.3 Å². The maximum Gasteiger partial charge on any atom is 0.337 e.